The van der Waals surface area contributed by atoms with E-state index in [1.807, 2.05) is 36.4 Å². The number of hydrogen-bond acceptors (Lipinski definition) is 4. The van der Waals surface area contributed by atoms with Gasteiger partial charge in [-0.3, -0.25) is 9.59 Å². The van der Waals surface area contributed by atoms with Crippen LogP contribution in [0.3, 0.4) is 0 Å². The van der Waals surface area contributed by atoms with Crippen molar-refractivity contribution < 1.29 is 14.3 Å². The lowest BCUT2D eigenvalue weighted by Crippen LogP contribution is -2.34. The molecule has 0 spiro atoms. The molecule has 0 saturated heterocycles. The van der Waals surface area contributed by atoms with Crippen LogP contribution in [0.5, 0.6) is 0 Å². The molecule has 5 heteroatoms. The maximum atomic E-state index is 12.4. The molecule has 0 aliphatic carbocycles. The lowest BCUT2D eigenvalue weighted by Gasteiger charge is -2.28. The molecular formula is C17H19NO3S. The minimum atomic E-state index is -0.370. The fourth-order valence-corrected chi connectivity index (χ4v) is 3.23. The molecule has 1 aromatic rings. The van der Waals surface area contributed by atoms with Crippen molar-refractivity contribution in [3.8, 4) is 0 Å². The summed E-state index contributed by atoms with van der Waals surface area (Å²) in [5, 5.41) is 0. The molecule has 0 radical (unpaired) electrons. The van der Waals surface area contributed by atoms with E-state index in [4.69, 9.17) is 4.74 Å². The minimum absolute atomic E-state index is 0.0170. The Labute approximate surface area is 134 Å². The second-order valence-electron chi connectivity index (χ2n) is 4.86. The summed E-state index contributed by atoms with van der Waals surface area (Å²) >= 11 is 1.44. The molecule has 1 atom stereocenters. The Morgan fingerprint density at radius 3 is 2.82 bits per heavy atom. The lowest BCUT2D eigenvalue weighted by molar-refractivity contribution is -0.143. The molecule has 1 unspecified atom stereocenters. The van der Waals surface area contributed by atoms with Crippen LogP contribution in [0.1, 0.15) is 5.56 Å². The van der Waals surface area contributed by atoms with Crippen LogP contribution in [-0.4, -0.2) is 41.9 Å². The van der Waals surface area contributed by atoms with E-state index in [9.17, 15) is 9.59 Å². The van der Waals surface area contributed by atoms with Crippen molar-refractivity contribution in [3.63, 3.8) is 0 Å². The van der Waals surface area contributed by atoms with E-state index in [2.05, 4.69) is 6.58 Å². The highest BCUT2D eigenvalue weighted by molar-refractivity contribution is 7.99. The Bertz CT molecular complexity index is 583. The fourth-order valence-electron chi connectivity index (χ4n) is 2.29. The monoisotopic (exact) mass is 317 g/mol. The molecule has 0 saturated carbocycles. The number of benzene rings is 1. The molecular weight excluding hydrogens is 298 g/mol. The normalized spacial score (nSPS) is 21.3. The Balaban J connectivity index is 2.49. The molecule has 2 rings (SSSR count). The predicted molar refractivity (Wildman–Crippen MR) is 89.2 cm³/mol. The number of nitrogens with zero attached hydrogens (tertiary/aromatic N) is 1. The summed E-state index contributed by atoms with van der Waals surface area (Å²) in [4.78, 5) is 26.0. The predicted octanol–water partition coefficient (Wildman–Crippen LogP) is 2.58. The second kappa shape index (κ2) is 7.84. The van der Waals surface area contributed by atoms with Gasteiger partial charge in [-0.2, -0.15) is 11.8 Å². The molecule has 0 fully saturated rings. The molecule has 1 heterocycles. The second-order valence-corrected chi connectivity index (χ2v) is 5.89. The van der Waals surface area contributed by atoms with Gasteiger partial charge in [0.25, 0.3) is 0 Å². The van der Waals surface area contributed by atoms with Crippen molar-refractivity contribution in [2.45, 2.75) is 0 Å². The Morgan fingerprint density at radius 2 is 2.18 bits per heavy atom. The number of thioether (sulfide) groups is 1. The minimum Gasteiger partial charge on any atom is -0.469 e. The Morgan fingerprint density at radius 1 is 1.45 bits per heavy atom. The van der Waals surface area contributed by atoms with Gasteiger partial charge in [-0.05, 0) is 11.6 Å². The lowest BCUT2D eigenvalue weighted by atomic mass is 10.0. The molecule has 1 amide bonds. The molecule has 1 aliphatic rings. The highest BCUT2D eigenvalue weighted by Crippen LogP contribution is 2.27. The standard InChI is InChI=1S/C17H19NO3S/c1-3-9-18-15(13-7-5-4-6-8-13)10-14(17(20)21-2)11-22-12-16(18)19/h3-8,10,14H,1,9,11-12H2,2H3/b15-10-. The van der Waals surface area contributed by atoms with Crippen LogP contribution < -0.4 is 0 Å². The SMILES string of the molecule is C=CCN1C(=O)CSCC(C(=O)OC)/C=C\1c1ccccc1. The molecule has 4 nitrogen and oxygen atoms in total. The molecule has 116 valence electrons. The first-order valence-electron chi connectivity index (χ1n) is 7.01. The zero-order chi connectivity index (χ0) is 15.9. The summed E-state index contributed by atoms with van der Waals surface area (Å²) in [6, 6.07) is 9.59. The highest BCUT2D eigenvalue weighted by Gasteiger charge is 2.26. The van der Waals surface area contributed by atoms with Crippen molar-refractivity contribution >= 4 is 29.3 Å². The van der Waals surface area contributed by atoms with Gasteiger partial charge in [0.2, 0.25) is 5.91 Å². The number of carbonyl (C=O) groups is 2. The van der Waals surface area contributed by atoms with Crippen molar-refractivity contribution in [1.82, 2.24) is 4.90 Å². The number of hydrogen-bond donors (Lipinski definition) is 0. The molecule has 0 N–H and O–H groups in total. The van der Waals surface area contributed by atoms with E-state index in [-0.39, 0.29) is 17.8 Å². The number of rotatable bonds is 4. The third kappa shape index (κ3) is 3.80. The van der Waals surface area contributed by atoms with E-state index in [1.165, 1.54) is 18.9 Å². The summed E-state index contributed by atoms with van der Waals surface area (Å²) in [6.07, 6.45) is 3.52. The largest absolute Gasteiger partial charge is 0.469 e. The van der Waals surface area contributed by atoms with Gasteiger partial charge in [0.15, 0.2) is 0 Å². The van der Waals surface area contributed by atoms with Crippen LogP contribution in [-0.2, 0) is 14.3 Å². The highest BCUT2D eigenvalue weighted by atomic mass is 32.2. The summed E-state index contributed by atoms with van der Waals surface area (Å²) in [6.45, 7) is 4.13. The van der Waals surface area contributed by atoms with Crippen LogP contribution >= 0.6 is 11.8 Å². The first-order valence-corrected chi connectivity index (χ1v) is 8.17. The van der Waals surface area contributed by atoms with Crippen molar-refractivity contribution in [2.24, 2.45) is 5.92 Å². The average molecular weight is 317 g/mol. The van der Waals surface area contributed by atoms with Crippen molar-refractivity contribution in [3.05, 3.63) is 54.6 Å². The van der Waals surface area contributed by atoms with E-state index >= 15 is 0 Å². The van der Waals surface area contributed by atoms with Gasteiger partial charge in [-0.15, -0.1) is 6.58 Å². The van der Waals surface area contributed by atoms with Gasteiger partial charge in [0.1, 0.15) is 0 Å². The summed E-state index contributed by atoms with van der Waals surface area (Å²) in [5.74, 6) is 0.241. The third-order valence-corrected chi connectivity index (χ3v) is 4.40. The summed E-state index contributed by atoms with van der Waals surface area (Å²) in [5.41, 5.74) is 1.64. The maximum Gasteiger partial charge on any atom is 0.313 e. The first kappa shape index (κ1) is 16.4. The zero-order valence-electron chi connectivity index (χ0n) is 12.5. The van der Waals surface area contributed by atoms with Crippen molar-refractivity contribution in [1.29, 1.82) is 0 Å². The van der Waals surface area contributed by atoms with Crippen LogP contribution in [0.4, 0.5) is 0 Å². The van der Waals surface area contributed by atoms with Gasteiger partial charge >= 0.3 is 5.97 Å². The average Bonchev–Trinajstić information content (AvgIpc) is 2.54. The van der Waals surface area contributed by atoms with E-state index in [1.54, 1.807) is 11.0 Å². The molecule has 1 aliphatic heterocycles. The quantitative estimate of drug-likeness (QED) is 0.632. The molecule has 1 aromatic carbocycles. The van der Waals surface area contributed by atoms with Gasteiger partial charge in [0.05, 0.1) is 18.8 Å². The Kier molecular flexibility index (Phi) is 5.83. The van der Waals surface area contributed by atoms with Gasteiger partial charge in [-0.25, -0.2) is 0 Å². The zero-order valence-corrected chi connectivity index (χ0v) is 13.3. The van der Waals surface area contributed by atoms with E-state index in [0.717, 1.165) is 11.3 Å². The summed E-state index contributed by atoms with van der Waals surface area (Å²) < 4.78 is 4.87. The molecule has 22 heavy (non-hydrogen) atoms. The van der Waals surface area contributed by atoms with Crippen LogP contribution in [0.25, 0.3) is 5.70 Å². The topological polar surface area (TPSA) is 46.6 Å². The smallest absolute Gasteiger partial charge is 0.313 e. The van der Waals surface area contributed by atoms with Crippen LogP contribution in [0.15, 0.2) is 49.1 Å². The fraction of sp³-hybridized carbons (Fsp3) is 0.294. The number of ether oxygens (including phenoxy) is 1. The summed E-state index contributed by atoms with van der Waals surface area (Å²) in [7, 11) is 1.38. The van der Waals surface area contributed by atoms with Gasteiger partial charge in [-0.1, -0.05) is 36.4 Å². The number of methoxy groups -OCH3 is 1. The Hall–Kier alpha value is -2.01. The molecule has 0 aromatic heterocycles. The first-order chi connectivity index (χ1) is 10.7. The maximum absolute atomic E-state index is 12.4. The van der Waals surface area contributed by atoms with Crippen LogP contribution in [0, 0.1) is 5.92 Å². The van der Waals surface area contributed by atoms with Gasteiger partial charge < -0.3 is 9.64 Å². The number of amides is 1. The van der Waals surface area contributed by atoms with Crippen molar-refractivity contribution in [2.75, 3.05) is 25.2 Å². The number of esters is 1. The van der Waals surface area contributed by atoms with Crippen LogP contribution in [0.2, 0.25) is 0 Å². The van der Waals surface area contributed by atoms with E-state index in [0.29, 0.717) is 18.1 Å². The van der Waals surface area contributed by atoms with E-state index < -0.39 is 0 Å². The third-order valence-electron chi connectivity index (χ3n) is 3.36. The van der Waals surface area contributed by atoms with Gasteiger partial charge in [0, 0.05) is 18.0 Å². The molecule has 0 bridgehead atoms. The number of carbonyl (C=O) groups excluding carboxylic acids is 2.